The molecule has 2 rings (SSSR count). The van der Waals surface area contributed by atoms with Crippen molar-refractivity contribution in [2.45, 2.75) is 49.7 Å². The van der Waals surface area contributed by atoms with Gasteiger partial charge in [0.25, 0.3) is 0 Å². The fraction of sp³-hybridized carbons (Fsp3) is 0.688. The molecule has 20 heavy (non-hydrogen) atoms. The summed E-state index contributed by atoms with van der Waals surface area (Å²) in [7, 11) is 2.09. The van der Waals surface area contributed by atoms with Crippen LogP contribution in [0.25, 0.3) is 0 Å². The lowest BCUT2D eigenvalue weighted by atomic mass is 10.0. The minimum absolute atomic E-state index is 0.526. The maximum atomic E-state index is 4.63. The van der Waals surface area contributed by atoms with Crippen molar-refractivity contribution < 1.29 is 0 Å². The maximum Gasteiger partial charge on any atom is 0.0419 e. The zero-order chi connectivity index (χ0) is 14.4. The van der Waals surface area contributed by atoms with Crippen LogP contribution < -0.4 is 5.32 Å². The standard InChI is InChI=1S/C16H26N2S2/c1-4-12-6-7-13(18-11-12)10-14(17-3)16-15(5-2)19-8-9-20-16/h6-7,11,14-17H,4-5,8-10H2,1-3H3. The molecule has 112 valence electrons. The topological polar surface area (TPSA) is 24.9 Å². The molecule has 1 aromatic heterocycles. The lowest BCUT2D eigenvalue weighted by Crippen LogP contribution is -2.45. The van der Waals surface area contributed by atoms with E-state index in [0.717, 1.165) is 18.1 Å². The van der Waals surface area contributed by atoms with Crippen LogP contribution in [0.3, 0.4) is 0 Å². The number of hydrogen-bond acceptors (Lipinski definition) is 4. The van der Waals surface area contributed by atoms with Gasteiger partial charge in [0.15, 0.2) is 0 Å². The van der Waals surface area contributed by atoms with Gasteiger partial charge in [-0.25, -0.2) is 0 Å². The van der Waals surface area contributed by atoms with E-state index in [9.17, 15) is 0 Å². The van der Waals surface area contributed by atoms with Crippen molar-refractivity contribution in [1.29, 1.82) is 0 Å². The first-order valence-corrected chi connectivity index (χ1v) is 9.72. The quantitative estimate of drug-likeness (QED) is 0.870. The third-order valence-electron chi connectivity index (χ3n) is 3.99. The number of nitrogens with one attached hydrogen (secondary N) is 1. The van der Waals surface area contributed by atoms with Gasteiger partial charge in [-0.1, -0.05) is 19.9 Å². The Hall–Kier alpha value is -0.190. The van der Waals surface area contributed by atoms with Crippen LogP contribution in [0.4, 0.5) is 0 Å². The second-order valence-corrected chi connectivity index (χ2v) is 7.90. The molecule has 1 fully saturated rings. The smallest absolute Gasteiger partial charge is 0.0419 e. The van der Waals surface area contributed by atoms with Crippen molar-refractivity contribution in [1.82, 2.24) is 10.3 Å². The van der Waals surface area contributed by atoms with Gasteiger partial charge < -0.3 is 5.32 Å². The first-order valence-electron chi connectivity index (χ1n) is 7.62. The fourth-order valence-corrected chi connectivity index (χ4v) is 6.01. The van der Waals surface area contributed by atoms with Gasteiger partial charge in [0.1, 0.15) is 0 Å². The molecule has 1 aliphatic rings. The van der Waals surface area contributed by atoms with E-state index in [1.54, 1.807) is 0 Å². The van der Waals surface area contributed by atoms with Gasteiger partial charge in [-0.2, -0.15) is 23.5 Å². The highest BCUT2D eigenvalue weighted by molar-refractivity contribution is 8.07. The number of pyridine rings is 1. The van der Waals surface area contributed by atoms with Gasteiger partial charge in [-0.3, -0.25) is 4.98 Å². The van der Waals surface area contributed by atoms with Gasteiger partial charge in [-0.15, -0.1) is 0 Å². The van der Waals surface area contributed by atoms with Crippen molar-refractivity contribution in [3.63, 3.8) is 0 Å². The number of likely N-dealkylation sites (N-methyl/N-ethyl adjacent to an activating group) is 1. The summed E-state index contributed by atoms with van der Waals surface area (Å²) in [5.74, 6) is 2.59. The third kappa shape index (κ3) is 4.15. The van der Waals surface area contributed by atoms with E-state index in [-0.39, 0.29) is 0 Å². The Morgan fingerprint density at radius 3 is 2.70 bits per heavy atom. The summed E-state index contributed by atoms with van der Waals surface area (Å²) in [5.41, 5.74) is 2.54. The van der Waals surface area contributed by atoms with Crippen LogP contribution in [0.5, 0.6) is 0 Å². The molecule has 0 bridgehead atoms. The molecule has 0 spiro atoms. The lowest BCUT2D eigenvalue weighted by Gasteiger charge is -2.35. The number of rotatable bonds is 6. The molecule has 2 nitrogen and oxygen atoms in total. The highest BCUT2D eigenvalue weighted by Gasteiger charge is 2.31. The summed E-state index contributed by atoms with van der Waals surface area (Å²) in [5, 5.41) is 5.02. The van der Waals surface area contributed by atoms with Crippen molar-refractivity contribution in [2.75, 3.05) is 18.6 Å². The molecule has 0 amide bonds. The average molecular weight is 311 g/mol. The Morgan fingerprint density at radius 2 is 2.10 bits per heavy atom. The molecule has 1 aromatic rings. The van der Waals surface area contributed by atoms with Gasteiger partial charge in [0, 0.05) is 46.4 Å². The first-order chi connectivity index (χ1) is 9.78. The maximum absolute atomic E-state index is 4.63. The van der Waals surface area contributed by atoms with Gasteiger partial charge in [-0.05, 0) is 31.5 Å². The molecule has 4 heteroatoms. The highest BCUT2D eigenvalue weighted by Crippen LogP contribution is 2.35. The summed E-state index contributed by atoms with van der Waals surface area (Å²) in [6.45, 7) is 4.49. The predicted octanol–water partition coefficient (Wildman–Crippen LogP) is 3.40. The molecule has 1 aliphatic heterocycles. The monoisotopic (exact) mass is 310 g/mol. The fourth-order valence-electron chi connectivity index (χ4n) is 2.70. The highest BCUT2D eigenvalue weighted by atomic mass is 32.2. The van der Waals surface area contributed by atoms with Crippen molar-refractivity contribution in [3.05, 3.63) is 29.6 Å². The average Bonchev–Trinajstić information content (AvgIpc) is 2.53. The summed E-state index contributed by atoms with van der Waals surface area (Å²) in [6, 6.07) is 4.94. The Kier molecular flexibility index (Phi) is 6.72. The predicted molar refractivity (Wildman–Crippen MR) is 92.9 cm³/mol. The molecule has 2 heterocycles. The minimum atomic E-state index is 0.526. The van der Waals surface area contributed by atoms with E-state index in [0.29, 0.717) is 11.3 Å². The van der Waals surface area contributed by atoms with Crippen molar-refractivity contribution in [3.8, 4) is 0 Å². The first kappa shape index (κ1) is 16.2. The second kappa shape index (κ2) is 8.30. The molecule has 3 atom stereocenters. The molecule has 1 N–H and O–H groups in total. The molecular formula is C16H26N2S2. The number of aryl methyl sites for hydroxylation is 1. The van der Waals surface area contributed by atoms with Crippen LogP contribution in [0, 0.1) is 0 Å². The summed E-state index contributed by atoms with van der Waals surface area (Å²) >= 11 is 4.29. The summed E-state index contributed by atoms with van der Waals surface area (Å²) in [6.07, 6.45) is 5.40. The normalized spacial score (nSPS) is 24.6. The minimum Gasteiger partial charge on any atom is -0.315 e. The lowest BCUT2D eigenvalue weighted by molar-refractivity contribution is 0.512. The number of nitrogens with zero attached hydrogens (tertiary/aromatic N) is 1. The Labute approximate surface area is 131 Å². The SMILES string of the molecule is CCc1ccc(CC(NC)C2SCCSC2CC)nc1. The van der Waals surface area contributed by atoms with E-state index in [1.165, 1.54) is 29.2 Å². The van der Waals surface area contributed by atoms with Crippen LogP contribution in [0.1, 0.15) is 31.5 Å². The molecule has 0 saturated carbocycles. The van der Waals surface area contributed by atoms with E-state index < -0.39 is 0 Å². The third-order valence-corrected chi connectivity index (χ3v) is 7.39. The van der Waals surface area contributed by atoms with E-state index in [2.05, 4.69) is 66.9 Å². The van der Waals surface area contributed by atoms with E-state index in [1.807, 2.05) is 6.20 Å². The van der Waals surface area contributed by atoms with Crippen molar-refractivity contribution in [2.24, 2.45) is 0 Å². The molecule has 3 unspecified atom stereocenters. The van der Waals surface area contributed by atoms with Crippen LogP contribution in [-0.4, -0.2) is 40.1 Å². The van der Waals surface area contributed by atoms with Crippen LogP contribution in [-0.2, 0) is 12.8 Å². The van der Waals surface area contributed by atoms with Crippen molar-refractivity contribution >= 4 is 23.5 Å². The molecule has 0 aliphatic carbocycles. The Balaban J connectivity index is 2.02. The summed E-state index contributed by atoms with van der Waals surface area (Å²) < 4.78 is 0. The number of hydrogen-bond donors (Lipinski definition) is 1. The zero-order valence-corrected chi connectivity index (χ0v) is 14.4. The van der Waals surface area contributed by atoms with Gasteiger partial charge in [0.05, 0.1) is 0 Å². The summed E-state index contributed by atoms with van der Waals surface area (Å²) in [4.78, 5) is 4.63. The second-order valence-electron chi connectivity index (χ2n) is 5.26. The Morgan fingerprint density at radius 1 is 1.30 bits per heavy atom. The molecule has 0 aromatic carbocycles. The largest absolute Gasteiger partial charge is 0.315 e. The number of thioether (sulfide) groups is 2. The van der Waals surface area contributed by atoms with Gasteiger partial charge in [0.2, 0.25) is 0 Å². The zero-order valence-electron chi connectivity index (χ0n) is 12.8. The van der Waals surface area contributed by atoms with E-state index >= 15 is 0 Å². The Bertz CT molecular complexity index is 394. The van der Waals surface area contributed by atoms with Crippen LogP contribution >= 0.6 is 23.5 Å². The molecule has 1 saturated heterocycles. The molecule has 0 radical (unpaired) electrons. The van der Waals surface area contributed by atoms with Crippen LogP contribution in [0.2, 0.25) is 0 Å². The van der Waals surface area contributed by atoms with Gasteiger partial charge >= 0.3 is 0 Å². The van der Waals surface area contributed by atoms with E-state index in [4.69, 9.17) is 0 Å². The van der Waals surface area contributed by atoms with Crippen LogP contribution in [0.15, 0.2) is 18.3 Å². The molecular weight excluding hydrogens is 284 g/mol. The number of aromatic nitrogens is 1.